The molecule has 2 heterocycles. The number of esters is 1. The van der Waals surface area contributed by atoms with E-state index < -0.39 is 11.8 Å². The summed E-state index contributed by atoms with van der Waals surface area (Å²) in [6.07, 6.45) is 0. The first-order valence-corrected chi connectivity index (χ1v) is 12.6. The van der Waals surface area contributed by atoms with Crippen molar-refractivity contribution in [2.45, 2.75) is 19.0 Å². The van der Waals surface area contributed by atoms with Gasteiger partial charge in [-0.15, -0.1) is 0 Å². The smallest absolute Gasteiger partial charge is 0.316 e. The maximum Gasteiger partial charge on any atom is 0.316 e. The highest BCUT2D eigenvalue weighted by atomic mass is 32.2. The van der Waals surface area contributed by atoms with E-state index in [-0.39, 0.29) is 23.1 Å². The first-order valence-electron chi connectivity index (χ1n) is 10.4. The van der Waals surface area contributed by atoms with E-state index in [4.69, 9.17) is 26.7 Å². The van der Waals surface area contributed by atoms with Crippen LogP contribution >= 0.6 is 35.3 Å². The Labute approximate surface area is 207 Å². The highest BCUT2D eigenvalue weighted by Gasteiger charge is 2.20. The molecular formula is C23H20FN3O4S3. The molecule has 11 heteroatoms. The number of nitrogens with zero attached hydrogens (tertiary/aromatic N) is 3. The van der Waals surface area contributed by atoms with Gasteiger partial charge in [0.25, 0.3) is 5.56 Å². The summed E-state index contributed by atoms with van der Waals surface area (Å²) in [4.78, 5) is 30.3. The van der Waals surface area contributed by atoms with Crippen molar-refractivity contribution < 1.29 is 18.7 Å². The molecule has 4 aromatic rings. The summed E-state index contributed by atoms with van der Waals surface area (Å²) in [5, 5.41) is 0.268. The first-order chi connectivity index (χ1) is 16.4. The molecule has 0 aliphatic carbocycles. The van der Waals surface area contributed by atoms with E-state index in [2.05, 4.69) is 0 Å². The van der Waals surface area contributed by atoms with Gasteiger partial charge in [0.2, 0.25) is 0 Å². The second-order valence-electron chi connectivity index (χ2n) is 6.89. The molecule has 0 atom stereocenters. The summed E-state index contributed by atoms with van der Waals surface area (Å²) in [6, 6.07) is 12.8. The molecule has 0 aliphatic rings. The number of thiazole rings is 1. The lowest BCUT2D eigenvalue weighted by atomic mass is 10.3. The number of hydrogen-bond acceptors (Lipinski definition) is 8. The zero-order chi connectivity index (χ0) is 24.2. The third-order valence-electron chi connectivity index (χ3n) is 4.69. The van der Waals surface area contributed by atoms with E-state index in [1.165, 1.54) is 28.8 Å². The molecule has 0 unspecified atom stereocenters. The summed E-state index contributed by atoms with van der Waals surface area (Å²) >= 11 is 7.78. The van der Waals surface area contributed by atoms with Crippen molar-refractivity contribution in [1.82, 2.24) is 14.1 Å². The second kappa shape index (κ2) is 10.5. The van der Waals surface area contributed by atoms with E-state index in [1.807, 2.05) is 31.2 Å². The molecule has 34 heavy (non-hydrogen) atoms. The molecule has 0 saturated heterocycles. The first kappa shape index (κ1) is 24.1. The van der Waals surface area contributed by atoms with Crippen LogP contribution < -0.4 is 10.3 Å². The highest BCUT2D eigenvalue weighted by Crippen LogP contribution is 2.28. The zero-order valence-electron chi connectivity index (χ0n) is 18.3. The number of rotatable bonds is 8. The van der Waals surface area contributed by atoms with Gasteiger partial charge in [0, 0.05) is 5.69 Å². The van der Waals surface area contributed by atoms with Crippen LogP contribution in [0.5, 0.6) is 5.75 Å². The minimum Gasteiger partial charge on any atom is -0.494 e. The summed E-state index contributed by atoms with van der Waals surface area (Å²) in [5.41, 5.74) is 1.18. The van der Waals surface area contributed by atoms with Crippen molar-refractivity contribution in [1.29, 1.82) is 0 Å². The quantitative estimate of drug-likeness (QED) is 0.138. The maximum absolute atomic E-state index is 13.6. The van der Waals surface area contributed by atoms with Crippen molar-refractivity contribution in [3.05, 3.63) is 68.7 Å². The zero-order valence-corrected chi connectivity index (χ0v) is 20.8. The molecule has 176 valence electrons. The fourth-order valence-electron chi connectivity index (χ4n) is 3.26. The normalized spacial score (nSPS) is 11.0. The monoisotopic (exact) mass is 517 g/mol. The fraction of sp³-hybridized carbons (Fsp3) is 0.217. The number of thioether (sulfide) groups is 1. The Morgan fingerprint density at radius 2 is 1.71 bits per heavy atom. The minimum absolute atomic E-state index is 0.0408. The van der Waals surface area contributed by atoms with E-state index in [9.17, 15) is 14.0 Å². The molecule has 0 saturated carbocycles. The van der Waals surface area contributed by atoms with Crippen LogP contribution in [0.4, 0.5) is 4.39 Å². The van der Waals surface area contributed by atoms with Gasteiger partial charge in [-0.2, -0.15) is 0 Å². The van der Waals surface area contributed by atoms with Crippen LogP contribution in [0.1, 0.15) is 13.8 Å². The molecule has 0 bridgehead atoms. The number of fused-ring (bicyclic) bond motifs is 1. The van der Waals surface area contributed by atoms with Gasteiger partial charge < -0.3 is 9.47 Å². The summed E-state index contributed by atoms with van der Waals surface area (Å²) in [7, 11) is 0. The van der Waals surface area contributed by atoms with Crippen LogP contribution in [-0.4, -0.2) is 39.1 Å². The average molecular weight is 518 g/mol. The highest BCUT2D eigenvalue weighted by molar-refractivity contribution is 7.99. The predicted molar refractivity (Wildman–Crippen MR) is 134 cm³/mol. The van der Waals surface area contributed by atoms with Gasteiger partial charge in [0.1, 0.15) is 16.3 Å². The Morgan fingerprint density at radius 1 is 1.06 bits per heavy atom. The van der Waals surface area contributed by atoms with Crippen LogP contribution in [0, 0.1) is 9.77 Å². The Balaban J connectivity index is 1.89. The fourth-order valence-corrected chi connectivity index (χ4v) is 5.37. The lowest BCUT2D eigenvalue weighted by Crippen LogP contribution is -2.22. The van der Waals surface area contributed by atoms with Crippen molar-refractivity contribution >= 4 is 51.6 Å². The molecular weight excluding hydrogens is 497 g/mol. The Kier molecular flexibility index (Phi) is 7.44. The average Bonchev–Trinajstić information content (AvgIpc) is 3.16. The number of ether oxygens (including phenoxy) is 2. The van der Waals surface area contributed by atoms with Gasteiger partial charge in [0.05, 0.1) is 24.7 Å². The maximum atomic E-state index is 13.6. The molecule has 2 aromatic carbocycles. The lowest BCUT2D eigenvalue weighted by Gasteiger charge is -2.13. The van der Waals surface area contributed by atoms with Crippen LogP contribution in [0.2, 0.25) is 0 Å². The molecule has 0 fully saturated rings. The second-order valence-corrected chi connectivity index (χ2v) is 9.47. The van der Waals surface area contributed by atoms with Crippen LogP contribution in [0.25, 0.3) is 21.7 Å². The van der Waals surface area contributed by atoms with E-state index in [0.717, 1.165) is 34.5 Å². The standard InChI is InChI=1S/C23H20FN3O4S3/c1-3-30-17-11-9-15(10-12-17)26-20-19(34-23(26)32)21(29)27(16-7-5-14(24)6-8-16)22(25-20)33-13-18(28)31-4-2/h5-12H,3-4,13H2,1-2H3. The van der Waals surface area contributed by atoms with Gasteiger partial charge in [-0.05, 0) is 74.6 Å². The topological polar surface area (TPSA) is 75.3 Å². The molecule has 0 spiro atoms. The Bertz CT molecular complexity index is 1440. The molecule has 4 rings (SSSR count). The van der Waals surface area contributed by atoms with Gasteiger partial charge in [-0.3, -0.25) is 18.7 Å². The van der Waals surface area contributed by atoms with Gasteiger partial charge >= 0.3 is 5.97 Å². The van der Waals surface area contributed by atoms with Gasteiger partial charge in [-0.25, -0.2) is 9.37 Å². The van der Waals surface area contributed by atoms with Crippen molar-refractivity contribution in [2.75, 3.05) is 19.0 Å². The number of carbonyl (C=O) groups excluding carboxylic acids is 1. The van der Waals surface area contributed by atoms with E-state index in [0.29, 0.717) is 26.6 Å². The van der Waals surface area contributed by atoms with Crippen molar-refractivity contribution in [3.8, 4) is 17.1 Å². The summed E-state index contributed by atoms with van der Waals surface area (Å²) in [5.74, 6) is -0.180. The Morgan fingerprint density at radius 3 is 2.35 bits per heavy atom. The molecule has 0 aliphatic heterocycles. The molecule has 2 aromatic heterocycles. The van der Waals surface area contributed by atoms with Crippen LogP contribution in [-0.2, 0) is 9.53 Å². The van der Waals surface area contributed by atoms with Crippen molar-refractivity contribution in [2.24, 2.45) is 0 Å². The number of hydrogen-bond donors (Lipinski definition) is 0. The minimum atomic E-state index is -0.429. The number of carbonyl (C=O) groups is 1. The number of halogens is 1. The largest absolute Gasteiger partial charge is 0.494 e. The van der Waals surface area contributed by atoms with E-state index >= 15 is 0 Å². The molecule has 0 N–H and O–H groups in total. The number of aromatic nitrogens is 3. The predicted octanol–water partition coefficient (Wildman–Crippen LogP) is 5.16. The third kappa shape index (κ3) is 4.91. The molecule has 0 radical (unpaired) electrons. The van der Waals surface area contributed by atoms with E-state index in [1.54, 1.807) is 11.5 Å². The van der Waals surface area contributed by atoms with Crippen LogP contribution in [0.3, 0.4) is 0 Å². The Hall–Kier alpha value is -3.02. The SMILES string of the molecule is CCOC(=O)CSc1nc2c(sc(=S)n2-c2ccc(OCC)cc2)c(=O)n1-c1ccc(F)cc1. The molecule has 7 nitrogen and oxygen atoms in total. The van der Waals surface area contributed by atoms with Gasteiger partial charge in [-0.1, -0.05) is 23.1 Å². The van der Waals surface area contributed by atoms with Crippen LogP contribution in [0.15, 0.2) is 58.5 Å². The summed E-state index contributed by atoms with van der Waals surface area (Å²) in [6.45, 7) is 4.42. The number of benzene rings is 2. The third-order valence-corrected chi connectivity index (χ3v) is 6.96. The molecule has 0 amide bonds. The lowest BCUT2D eigenvalue weighted by molar-refractivity contribution is -0.139. The van der Waals surface area contributed by atoms with Gasteiger partial charge in [0.15, 0.2) is 14.8 Å². The van der Waals surface area contributed by atoms with Crippen molar-refractivity contribution in [3.63, 3.8) is 0 Å². The summed E-state index contributed by atoms with van der Waals surface area (Å²) < 4.78 is 27.9.